The molecule has 1 amide bonds. The number of rotatable bonds is 2. The lowest BCUT2D eigenvalue weighted by Gasteiger charge is -2.08. The van der Waals surface area contributed by atoms with Gasteiger partial charge in [0, 0.05) is 0 Å². The standard InChI is InChI=1S/C14H7F3N2O/c15-8-4-5-12(17)9(6-8)14(20)19-13-3-1-2-11(16)10(13)7-18/h1-6H,(H,19,20). The van der Waals surface area contributed by atoms with Gasteiger partial charge in [0.15, 0.2) is 0 Å². The molecule has 0 atom stereocenters. The van der Waals surface area contributed by atoms with Crippen molar-refractivity contribution in [1.29, 1.82) is 5.26 Å². The number of halogens is 3. The maximum atomic E-state index is 13.4. The van der Waals surface area contributed by atoms with Gasteiger partial charge in [0.05, 0.1) is 11.3 Å². The normalized spacial score (nSPS) is 9.90. The summed E-state index contributed by atoms with van der Waals surface area (Å²) in [4.78, 5) is 11.8. The fraction of sp³-hybridized carbons (Fsp3) is 0. The Morgan fingerprint density at radius 2 is 1.85 bits per heavy atom. The van der Waals surface area contributed by atoms with Crippen molar-refractivity contribution in [3.05, 3.63) is 65.0 Å². The summed E-state index contributed by atoms with van der Waals surface area (Å²) in [5.74, 6) is -3.48. The lowest BCUT2D eigenvalue weighted by atomic mass is 10.1. The molecule has 0 bridgehead atoms. The minimum atomic E-state index is -0.968. The third-order valence-electron chi connectivity index (χ3n) is 2.55. The Kier molecular flexibility index (Phi) is 3.71. The Morgan fingerprint density at radius 3 is 2.55 bits per heavy atom. The van der Waals surface area contributed by atoms with Crippen molar-refractivity contribution >= 4 is 11.6 Å². The van der Waals surface area contributed by atoms with Gasteiger partial charge in [0.1, 0.15) is 29.1 Å². The van der Waals surface area contributed by atoms with Crippen molar-refractivity contribution < 1.29 is 18.0 Å². The van der Waals surface area contributed by atoms with Crippen molar-refractivity contribution in [2.24, 2.45) is 0 Å². The number of anilines is 1. The van der Waals surface area contributed by atoms with E-state index in [9.17, 15) is 18.0 Å². The second-order valence-corrected chi connectivity index (χ2v) is 3.85. The fourth-order valence-electron chi connectivity index (χ4n) is 1.60. The van der Waals surface area contributed by atoms with Gasteiger partial charge in [-0.3, -0.25) is 4.79 Å². The predicted molar refractivity (Wildman–Crippen MR) is 65.4 cm³/mol. The Morgan fingerprint density at radius 1 is 1.10 bits per heavy atom. The largest absolute Gasteiger partial charge is 0.321 e. The Labute approximate surface area is 112 Å². The fourth-order valence-corrected chi connectivity index (χ4v) is 1.60. The van der Waals surface area contributed by atoms with Gasteiger partial charge in [-0.2, -0.15) is 5.26 Å². The van der Waals surface area contributed by atoms with Gasteiger partial charge in [0.2, 0.25) is 0 Å². The smallest absolute Gasteiger partial charge is 0.258 e. The highest BCUT2D eigenvalue weighted by Gasteiger charge is 2.16. The van der Waals surface area contributed by atoms with Crippen LogP contribution in [0.2, 0.25) is 0 Å². The number of hydrogen-bond donors (Lipinski definition) is 1. The van der Waals surface area contributed by atoms with Crippen molar-refractivity contribution in [3.63, 3.8) is 0 Å². The minimum absolute atomic E-state index is 0.110. The Balaban J connectivity index is 2.36. The van der Waals surface area contributed by atoms with E-state index in [1.54, 1.807) is 6.07 Å². The molecule has 6 heteroatoms. The van der Waals surface area contributed by atoms with E-state index in [4.69, 9.17) is 5.26 Å². The van der Waals surface area contributed by atoms with Crippen molar-refractivity contribution in [2.45, 2.75) is 0 Å². The molecule has 3 nitrogen and oxygen atoms in total. The van der Waals surface area contributed by atoms with Crippen LogP contribution in [0.15, 0.2) is 36.4 Å². The van der Waals surface area contributed by atoms with Crippen molar-refractivity contribution in [2.75, 3.05) is 5.32 Å². The summed E-state index contributed by atoms with van der Waals surface area (Å²) in [7, 11) is 0. The van der Waals surface area contributed by atoms with Crippen LogP contribution >= 0.6 is 0 Å². The number of nitriles is 1. The first-order valence-corrected chi connectivity index (χ1v) is 5.48. The van der Waals surface area contributed by atoms with Crippen LogP contribution in [0.1, 0.15) is 15.9 Å². The highest BCUT2D eigenvalue weighted by atomic mass is 19.1. The lowest BCUT2D eigenvalue weighted by molar-refractivity contribution is 0.102. The van der Waals surface area contributed by atoms with E-state index in [0.29, 0.717) is 0 Å². The summed E-state index contributed by atoms with van der Waals surface area (Å²) in [6.07, 6.45) is 0. The third-order valence-corrected chi connectivity index (χ3v) is 2.55. The molecule has 0 saturated carbocycles. The lowest BCUT2D eigenvalue weighted by Crippen LogP contribution is -2.15. The number of amides is 1. The molecule has 0 spiro atoms. The maximum Gasteiger partial charge on any atom is 0.258 e. The zero-order valence-corrected chi connectivity index (χ0v) is 9.95. The minimum Gasteiger partial charge on any atom is -0.321 e. The number of nitrogens with zero attached hydrogens (tertiary/aromatic N) is 1. The molecule has 20 heavy (non-hydrogen) atoms. The second-order valence-electron chi connectivity index (χ2n) is 3.85. The van der Waals surface area contributed by atoms with E-state index >= 15 is 0 Å². The molecular formula is C14H7F3N2O. The van der Waals surface area contributed by atoms with E-state index in [1.165, 1.54) is 12.1 Å². The zero-order valence-electron chi connectivity index (χ0n) is 9.95. The first kappa shape index (κ1) is 13.6. The highest BCUT2D eigenvalue weighted by Crippen LogP contribution is 2.19. The van der Waals surface area contributed by atoms with Crippen LogP contribution in [0, 0.1) is 28.8 Å². The molecule has 2 aromatic carbocycles. The molecule has 0 aromatic heterocycles. The average molecular weight is 276 g/mol. The molecular weight excluding hydrogens is 269 g/mol. The molecule has 1 N–H and O–H groups in total. The van der Waals surface area contributed by atoms with E-state index < -0.39 is 28.9 Å². The summed E-state index contributed by atoms with van der Waals surface area (Å²) in [5.41, 5.74) is -1.02. The summed E-state index contributed by atoms with van der Waals surface area (Å²) >= 11 is 0. The molecule has 0 radical (unpaired) electrons. The van der Waals surface area contributed by atoms with Crippen LogP contribution in [0.3, 0.4) is 0 Å². The molecule has 0 saturated heterocycles. The molecule has 0 aliphatic heterocycles. The van der Waals surface area contributed by atoms with Gasteiger partial charge < -0.3 is 5.32 Å². The number of hydrogen-bond acceptors (Lipinski definition) is 2. The van der Waals surface area contributed by atoms with Gasteiger partial charge in [-0.25, -0.2) is 13.2 Å². The Bertz CT molecular complexity index is 723. The van der Waals surface area contributed by atoms with Gasteiger partial charge in [-0.05, 0) is 30.3 Å². The van der Waals surface area contributed by atoms with Crippen LogP contribution in [-0.4, -0.2) is 5.91 Å². The van der Waals surface area contributed by atoms with E-state index in [-0.39, 0.29) is 11.3 Å². The van der Waals surface area contributed by atoms with Crippen LogP contribution in [0.5, 0.6) is 0 Å². The van der Waals surface area contributed by atoms with E-state index in [1.807, 2.05) is 0 Å². The first-order valence-electron chi connectivity index (χ1n) is 5.48. The van der Waals surface area contributed by atoms with Gasteiger partial charge in [-0.1, -0.05) is 6.07 Å². The summed E-state index contributed by atoms with van der Waals surface area (Å²) in [6, 6.07) is 7.61. The maximum absolute atomic E-state index is 13.4. The van der Waals surface area contributed by atoms with Crippen molar-refractivity contribution in [3.8, 4) is 6.07 Å². The first-order chi connectivity index (χ1) is 9.52. The second kappa shape index (κ2) is 5.45. The molecule has 2 aromatic rings. The number of nitrogens with one attached hydrogen (secondary N) is 1. The van der Waals surface area contributed by atoms with Crippen LogP contribution < -0.4 is 5.32 Å². The topological polar surface area (TPSA) is 52.9 Å². The predicted octanol–water partition coefficient (Wildman–Crippen LogP) is 3.23. The molecule has 0 unspecified atom stereocenters. The van der Waals surface area contributed by atoms with Crippen LogP contribution in [-0.2, 0) is 0 Å². The Hall–Kier alpha value is -2.81. The zero-order chi connectivity index (χ0) is 14.7. The summed E-state index contributed by atoms with van der Waals surface area (Å²) in [5, 5.41) is 11.0. The summed E-state index contributed by atoms with van der Waals surface area (Å²) in [6.45, 7) is 0. The van der Waals surface area contributed by atoms with E-state index in [0.717, 1.165) is 24.3 Å². The molecule has 0 heterocycles. The average Bonchev–Trinajstić information content (AvgIpc) is 2.41. The quantitative estimate of drug-likeness (QED) is 0.915. The third kappa shape index (κ3) is 2.62. The SMILES string of the molecule is N#Cc1c(F)cccc1NC(=O)c1cc(F)ccc1F. The van der Waals surface area contributed by atoms with Crippen molar-refractivity contribution in [1.82, 2.24) is 0 Å². The molecule has 100 valence electrons. The van der Waals surface area contributed by atoms with Crippen LogP contribution in [0.4, 0.5) is 18.9 Å². The molecule has 2 rings (SSSR count). The van der Waals surface area contributed by atoms with Gasteiger partial charge in [-0.15, -0.1) is 0 Å². The monoisotopic (exact) mass is 276 g/mol. The number of carbonyl (C=O) groups excluding carboxylic acids is 1. The number of carbonyl (C=O) groups is 1. The molecule has 0 aliphatic carbocycles. The van der Waals surface area contributed by atoms with E-state index in [2.05, 4.69) is 5.32 Å². The highest BCUT2D eigenvalue weighted by molar-refractivity contribution is 6.05. The van der Waals surface area contributed by atoms with Gasteiger partial charge >= 0.3 is 0 Å². The molecule has 0 fully saturated rings. The molecule has 0 aliphatic rings. The van der Waals surface area contributed by atoms with Gasteiger partial charge in [0.25, 0.3) is 5.91 Å². The number of benzene rings is 2. The summed E-state index contributed by atoms with van der Waals surface area (Å²) < 4.78 is 39.8. The van der Waals surface area contributed by atoms with Crippen LogP contribution in [0.25, 0.3) is 0 Å².